The molecule has 0 unspecified atom stereocenters. The van der Waals surface area contributed by atoms with Crippen molar-refractivity contribution in [1.82, 2.24) is 4.57 Å². The molecule has 0 aliphatic heterocycles. The fourth-order valence-electron chi connectivity index (χ4n) is 6.91. The van der Waals surface area contributed by atoms with Crippen molar-refractivity contribution in [2.24, 2.45) is 0 Å². The number of rotatable bonds is 4. The van der Waals surface area contributed by atoms with Crippen molar-refractivity contribution in [2.45, 2.75) is 26.2 Å². The topological polar surface area (TPSA) is 8.17 Å². The average molecular weight is 541 g/mol. The van der Waals surface area contributed by atoms with E-state index < -0.39 is 0 Å². The quantitative estimate of drug-likeness (QED) is 0.216. The predicted molar refractivity (Wildman–Crippen MR) is 178 cm³/mol. The minimum atomic E-state index is -0.148. The van der Waals surface area contributed by atoms with Crippen molar-refractivity contribution < 1.29 is 0 Å². The lowest BCUT2D eigenvalue weighted by Crippen LogP contribution is -2.17. The zero-order valence-electron chi connectivity index (χ0n) is 24.2. The van der Waals surface area contributed by atoms with Crippen LogP contribution in [0.2, 0.25) is 0 Å². The van der Waals surface area contributed by atoms with E-state index in [1.807, 2.05) is 0 Å². The Morgan fingerprint density at radius 1 is 0.500 bits per heavy atom. The van der Waals surface area contributed by atoms with Gasteiger partial charge in [-0.25, -0.2) is 0 Å². The molecular weight excluding hydrogens is 508 g/mol. The molecule has 1 heterocycles. The van der Waals surface area contributed by atoms with Crippen LogP contribution in [0.5, 0.6) is 0 Å². The number of aromatic nitrogens is 1. The van der Waals surface area contributed by atoms with E-state index in [9.17, 15) is 0 Å². The van der Waals surface area contributed by atoms with Gasteiger partial charge in [0.05, 0.1) is 11.0 Å². The van der Waals surface area contributed by atoms with E-state index in [0.29, 0.717) is 0 Å². The molecule has 0 amide bonds. The zero-order valence-corrected chi connectivity index (χ0v) is 24.2. The first kappa shape index (κ1) is 24.7. The summed E-state index contributed by atoms with van der Waals surface area (Å²) >= 11 is 0. The van der Waals surface area contributed by atoms with Gasteiger partial charge in [0.2, 0.25) is 0 Å². The lowest BCUT2D eigenvalue weighted by Gasteiger charge is -2.28. The molecular formula is C40H32N2. The molecule has 1 aromatic heterocycles. The molecule has 0 radical (unpaired) electrons. The molecule has 202 valence electrons. The number of para-hydroxylation sites is 3. The number of anilines is 3. The molecule has 0 fully saturated rings. The standard InChI is InChI=1S/C40H32N2/c1-27-17-19-29(20-18-27)41(28-11-5-4-6-12-28)30-21-23-32-33-24-22-31(26-37(33)40(2,3)36(32)25-30)42-38-15-9-7-13-34(38)35-14-8-10-16-39(35)42/h4-26H,1-3H3. The molecule has 0 spiro atoms. The number of nitrogens with zero attached hydrogens (tertiary/aromatic N) is 2. The highest BCUT2D eigenvalue weighted by Gasteiger charge is 2.36. The summed E-state index contributed by atoms with van der Waals surface area (Å²) in [7, 11) is 0. The molecule has 1 aliphatic carbocycles. The van der Waals surface area contributed by atoms with Crippen molar-refractivity contribution in [2.75, 3.05) is 4.90 Å². The van der Waals surface area contributed by atoms with Crippen molar-refractivity contribution in [3.05, 3.63) is 156 Å². The van der Waals surface area contributed by atoms with Gasteiger partial charge in [-0.2, -0.15) is 0 Å². The number of fused-ring (bicyclic) bond motifs is 6. The molecule has 8 rings (SSSR count). The average Bonchev–Trinajstić information content (AvgIpc) is 3.47. The van der Waals surface area contributed by atoms with E-state index in [1.165, 1.54) is 61.0 Å². The van der Waals surface area contributed by atoms with Crippen molar-refractivity contribution in [3.63, 3.8) is 0 Å². The molecule has 0 saturated carbocycles. The normalized spacial score (nSPS) is 13.3. The van der Waals surface area contributed by atoms with E-state index in [1.54, 1.807) is 0 Å². The summed E-state index contributed by atoms with van der Waals surface area (Å²) in [4.78, 5) is 2.36. The minimum absolute atomic E-state index is 0.148. The summed E-state index contributed by atoms with van der Waals surface area (Å²) < 4.78 is 2.42. The molecule has 7 aromatic rings. The van der Waals surface area contributed by atoms with Gasteiger partial charge in [0.15, 0.2) is 0 Å². The summed E-state index contributed by atoms with van der Waals surface area (Å²) in [5, 5.41) is 2.58. The van der Waals surface area contributed by atoms with Gasteiger partial charge in [0, 0.05) is 38.9 Å². The van der Waals surface area contributed by atoms with Crippen LogP contribution >= 0.6 is 0 Å². The maximum atomic E-state index is 2.42. The maximum Gasteiger partial charge on any atom is 0.0541 e. The molecule has 2 heteroatoms. The highest BCUT2D eigenvalue weighted by atomic mass is 15.1. The molecule has 0 N–H and O–H groups in total. The summed E-state index contributed by atoms with van der Waals surface area (Å²) in [6.07, 6.45) is 0. The van der Waals surface area contributed by atoms with Gasteiger partial charge in [-0.1, -0.05) is 98.3 Å². The Balaban J connectivity index is 1.28. The molecule has 0 atom stereocenters. The summed E-state index contributed by atoms with van der Waals surface area (Å²) in [5.41, 5.74) is 13.7. The molecule has 1 aliphatic rings. The molecule has 0 saturated heterocycles. The Bertz CT molecular complexity index is 2060. The Labute approximate surface area is 247 Å². The monoisotopic (exact) mass is 540 g/mol. The second kappa shape index (κ2) is 9.22. The van der Waals surface area contributed by atoms with E-state index in [0.717, 1.165) is 11.4 Å². The molecule has 42 heavy (non-hydrogen) atoms. The van der Waals surface area contributed by atoms with E-state index in [-0.39, 0.29) is 5.41 Å². The van der Waals surface area contributed by atoms with Gasteiger partial charge in [0.25, 0.3) is 0 Å². The zero-order chi connectivity index (χ0) is 28.4. The van der Waals surface area contributed by atoms with Crippen molar-refractivity contribution in [3.8, 4) is 16.8 Å². The third-order valence-electron chi connectivity index (χ3n) is 9.05. The lowest BCUT2D eigenvalue weighted by molar-refractivity contribution is 0.660. The number of hydrogen-bond donors (Lipinski definition) is 0. The fraction of sp³-hybridized carbons (Fsp3) is 0.100. The number of benzene rings is 6. The smallest absolute Gasteiger partial charge is 0.0541 e. The Morgan fingerprint density at radius 3 is 1.69 bits per heavy atom. The lowest BCUT2D eigenvalue weighted by atomic mass is 9.82. The van der Waals surface area contributed by atoms with Crippen LogP contribution in [0.4, 0.5) is 17.1 Å². The van der Waals surface area contributed by atoms with Crippen LogP contribution in [0.1, 0.15) is 30.5 Å². The molecule has 2 nitrogen and oxygen atoms in total. The van der Waals surface area contributed by atoms with E-state index in [4.69, 9.17) is 0 Å². The first-order chi connectivity index (χ1) is 20.5. The summed E-state index contributed by atoms with van der Waals surface area (Å²) in [6.45, 7) is 6.88. The van der Waals surface area contributed by atoms with Gasteiger partial charge < -0.3 is 9.47 Å². The van der Waals surface area contributed by atoms with Crippen LogP contribution in [0, 0.1) is 6.92 Å². The highest BCUT2D eigenvalue weighted by Crippen LogP contribution is 2.51. The van der Waals surface area contributed by atoms with Gasteiger partial charge in [-0.3, -0.25) is 0 Å². The third-order valence-corrected chi connectivity index (χ3v) is 9.05. The number of aryl methyl sites for hydroxylation is 1. The number of hydrogen-bond acceptors (Lipinski definition) is 1. The summed E-state index contributed by atoms with van der Waals surface area (Å²) in [6, 6.07) is 51.0. The molecule has 0 bridgehead atoms. The van der Waals surface area contributed by atoms with Gasteiger partial charge >= 0.3 is 0 Å². The Morgan fingerprint density at radius 2 is 1.02 bits per heavy atom. The maximum absolute atomic E-state index is 2.42. The third kappa shape index (κ3) is 3.65. The van der Waals surface area contributed by atoms with Crippen LogP contribution in [-0.2, 0) is 5.41 Å². The molecule has 6 aromatic carbocycles. The highest BCUT2D eigenvalue weighted by molar-refractivity contribution is 6.09. The second-order valence-corrected chi connectivity index (χ2v) is 12.0. The van der Waals surface area contributed by atoms with E-state index >= 15 is 0 Å². The Hall–Kier alpha value is -5.08. The summed E-state index contributed by atoms with van der Waals surface area (Å²) in [5.74, 6) is 0. The SMILES string of the molecule is Cc1ccc(N(c2ccccc2)c2ccc3c(c2)C(C)(C)c2cc(-n4c5ccccc5c5ccccc54)ccc2-3)cc1. The predicted octanol–water partition coefficient (Wildman–Crippen LogP) is 10.9. The Kier molecular flexibility index (Phi) is 5.42. The second-order valence-electron chi connectivity index (χ2n) is 12.0. The van der Waals surface area contributed by atoms with Crippen LogP contribution in [0.25, 0.3) is 38.6 Å². The van der Waals surface area contributed by atoms with Gasteiger partial charge in [0.1, 0.15) is 0 Å². The van der Waals surface area contributed by atoms with Crippen molar-refractivity contribution >= 4 is 38.9 Å². The minimum Gasteiger partial charge on any atom is -0.310 e. The van der Waals surface area contributed by atoms with E-state index in [2.05, 4.69) is 170 Å². The fourth-order valence-corrected chi connectivity index (χ4v) is 6.91. The van der Waals surface area contributed by atoms with Gasteiger partial charge in [-0.05, 0) is 89.8 Å². The van der Waals surface area contributed by atoms with Crippen LogP contribution in [0.15, 0.2) is 140 Å². The first-order valence-electron chi connectivity index (χ1n) is 14.7. The first-order valence-corrected chi connectivity index (χ1v) is 14.7. The van der Waals surface area contributed by atoms with Crippen LogP contribution in [-0.4, -0.2) is 4.57 Å². The van der Waals surface area contributed by atoms with Crippen LogP contribution in [0.3, 0.4) is 0 Å². The van der Waals surface area contributed by atoms with Gasteiger partial charge in [-0.15, -0.1) is 0 Å². The largest absolute Gasteiger partial charge is 0.310 e. The van der Waals surface area contributed by atoms with Crippen LogP contribution < -0.4 is 4.90 Å². The van der Waals surface area contributed by atoms with Crippen molar-refractivity contribution in [1.29, 1.82) is 0 Å².